The Morgan fingerprint density at radius 1 is 1.27 bits per heavy atom. The fourth-order valence-electron chi connectivity index (χ4n) is 3.86. The fraction of sp³-hybridized carbons (Fsp3) is 0.429. The molecule has 0 spiro atoms. The molecule has 0 aliphatic carbocycles. The SMILES string of the molecule is CCS(=O)(=O)N[C@@H]1[C@@H]2Cc3cccc(c3F)Oc3nc(ccc3C)OCC(=O)N2CC1(F)F. The van der Waals surface area contributed by atoms with E-state index in [0.717, 1.165) is 4.90 Å². The van der Waals surface area contributed by atoms with Crippen molar-refractivity contribution in [2.75, 3.05) is 18.9 Å². The molecule has 0 radical (unpaired) electrons. The van der Waals surface area contributed by atoms with Gasteiger partial charge in [-0.05, 0) is 38.0 Å². The van der Waals surface area contributed by atoms with E-state index in [0.29, 0.717) is 5.56 Å². The van der Waals surface area contributed by atoms with Gasteiger partial charge >= 0.3 is 0 Å². The number of hydrogen-bond acceptors (Lipinski definition) is 6. The van der Waals surface area contributed by atoms with Gasteiger partial charge in [0.15, 0.2) is 18.2 Å². The van der Waals surface area contributed by atoms with Crippen LogP contribution in [-0.4, -0.2) is 61.1 Å². The molecule has 33 heavy (non-hydrogen) atoms. The number of carbonyl (C=O) groups is 1. The standard InChI is InChI=1S/C21H22F3N3O5S/c1-3-33(29,30)26-19-14-9-13-5-4-6-15(18(13)22)32-20-12(2)7-8-16(25-20)31-10-17(28)27(14)11-21(19,23)24/h4-8,14,19,26H,3,9-11H2,1-2H3/t14-,19+/m0/s1. The van der Waals surface area contributed by atoms with E-state index in [1.807, 2.05) is 4.72 Å². The maximum absolute atomic E-state index is 15.3. The fourth-order valence-corrected chi connectivity index (χ4v) is 4.75. The Morgan fingerprint density at radius 2 is 2.03 bits per heavy atom. The topological polar surface area (TPSA) is 97.8 Å². The number of carbonyl (C=O) groups excluding carboxylic acids is 1. The Kier molecular flexibility index (Phi) is 5.99. The van der Waals surface area contributed by atoms with Crippen LogP contribution in [0.5, 0.6) is 17.5 Å². The van der Waals surface area contributed by atoms with Gasteiger partial charge in [0.05, 0.1) is 18.3 Å². The first kappa shape index (κ1) is 23.3. The number of nitrogens with zero attached hydrogens (tertiary/aromatic N) is 2. The molecule has 8 nitrogen and oxygen atoms in total. The smallest absolute Gasteiger partial charge is 0.283 e. The largest absolute Gasteiger partial charge is 0.467 e. The summed E-state index contributed by atoms with van der Waals surface area (Å²) in [5.74, 6) is -5.77. The minimum absolute atomic E-state index is 0.00879. The van der Waals surface area contributed by atoms with Gasteiger partial charge in [-0.1, -0.05) is 12.1 Å². The van der Waals surface area contributed by atoms with Crippen molar-refractivity contribution in [2.45, 2.75) is 38.3 Å². The van der Waals surface area contributed by atoms with E-state index in [9.17, 15) is 22.0 Å². The van der Waals surface area contributed by atoms with E-state index in [-0.39, 0.29) is 29.5 Å². The predicted molar refractivity (Wildman–Crippen MR) is 111 cm³/mol. The molecule has 1 N–H and O–H groups in total. The zero-order valence-corrected chi connectivity index (χ0v) is 18.7. The zero-order chi connectivity index (χ0) is 24.0. The molecule has 2 aliphatic heterocycles. The van der Waals surface area contributed by atoms with Crippen molar-refractivity contribution in [3.63, 3.8) is 0 Å². The van der Waals surface area contributed by atoms with Gasteiger partial charge in [0.2, 0.25) is 21.8 Å². The number of fused-ring (bicyclic) bond motifs is 5. The van der Waals surface area contributed by atoms with Gasteiger partial charge in [-0.3, -0.25) is 4.79 Å². The summed E-state index contributed by atoms with van der Waals surface area (Å²) in [4.78, 5) is 17.8. The number of halogens is 3. The second-order valence-electron chi connectivity index (χ2n) is 7.94. The minimum Gasteiger partial charge on any atom is -0.467 e. The third kappa shape index (κ3) is 4.62. The van der Waals surface area contributed by atoms with Crippen LogP contribution < -0.4 is 14.2 Å². The Bertz CT molecular complexity index is 1190. The van der Waals surface area contributed by atoms with Gasteiger partial charge in [0.25, 0.3) is 11.8 Å². The van der Waals surface area contributed by atoms with Crippen molar-refractivity contribution in [3.8, 4) is 17.5 Å². The molecule has 0 saturated carbocycles. The van der Waals surface area contributed by atoms with Crippen LogP contribution in [-0.2, 0) is 21.2 Å². The van der Waals surface area contributed by atoms with Crippen molar-refractivity contribution >= 4 is 15.9 Å². The van der Waals surface area contributed by atoms with Crippen molar-refractivity contribution in [2.24, 2.45) is 0 Å². The van der Waals surface area contributed by atoms with Gasteiger partial charge in [-0.25, -0.2) is 26.3 Å². The van der Waals surface area contributed by atoms with Crippen LogP contribution in [0.4, 0.5) is 13.2 Å². The van der Waals surface area contributed by atoms with E-state index in [2.05, 4.69) is 4.98 Å². The van der Waals surface area contributed by atoms with Crippen LogP contribution in [0.25, 0.3) is 0 Å². The second-order valence-corrected chi connectivity index (χ2v) is 9.99. The third-order valence-electron chi connectivity index (χ3n) is 5.68. The lowest BCUT2D eigenvalue weighted by Gasteiger charge is -2.28. The summed E-state index contributed by atoms with van der Waals surface area (Å²) in [5, 5.41) is 0. The molecule has 1 amide bonds. The van der Waals surface area contributed by atoms with Crippen LogP contribution in [0, 0.1) is 12.7 Å². The van der Waals surface area contributed by atoms with Crippen LogP contribution in [0.15, 0.2) is 30.3 Å². The summed E-state index contributed by atoms with van der Waals surface area (Å²) in [6, 6.07) is 3.98. The monoisotopic (exact) mass is 485 g/mol. The molecule has 1 saturated heterocycles. The normalized spacial score (nSPS) is 22.3. The molecular formula is C21H22F3N3O5S. The zero-order valence-electron chi connectivity index (χ0n) is 17.8. The molecule has 178 valence electrons. The number of rotatable bonds is 3. The highest BCUT2D eigenvalue weighted by atomic mass is 32.2. The Labute approximate surface area is 188 Å². The number of amides is 1. The summed E-state index contributed by atoms with van der Waals surface area (Å²) >= 11 is 0. The average Bonchev–Trinajstić information content (AvgIpc) is 3.00. The summed E-state index contributed by atoms with van der Waals surface area (Å²) < 4.78 is 82.4. The Morgan fingerprint density at radius 3 is 2.76 bits per heavy atom. The molecule has 4 bridgehead atoms. The molecule has 1 aromatic heterocycles. The summed E-state index contributed by atoms with van der Waals surface area (Å²) in [6.45, 7) is 1.34. The highest BCUT2D eigenvalue weighted by Crippen LogP contribution is 2.37. The van der Waals surface area contributed by atoms with E-state index in [1.165, 1.54) is 31.2 Å². The van der Waals surface area contributed by atoms with Crippen LogP contribution >= 0.6 is 0 Å². The third-order valence-corrected chi connectivity index (χ3v) is 7.05. The summed E-state index contributed by atoms with van der Waals surface area (Å²) in [7, 11) is -4.05. The van der Waals surface area contributed by atoms with Crippen LogP contribution in [0.1, 0.15) is 18.1 Å². The molecular weight excluding hydrogens is 463 g/mol. The van der Waals surface area contributed by atoms with Crippen molar-refractivity contribution in [3.05, 3.63) is 47.3 Å². The van der Waals surface area contributed by atoms with Crippen LogP contribution in [0.2, 0.25) is 0 Å². The molecule has 2 aliphatic rings. The first-order valence-electron chi connectivity index (χ1n) is 10.2. The number of pyridine rings is 1. The highest BCUT2D eigenvalue weighted by molar-refractivity contribution is 7.89. The first-order valence-corrected chi connectivity index (χ1v) is 11.9. The molecule has 1 fully saturated rings. The van der Waals surface area contributed by atoms with Gasteiger partial charge < -0.3 is 14.4 Å². The Hall–Kier alpha value is -2.86. The number of benzene rings is 1. The minimum atomic E-state index is -4.05. The number of sulfonamides is 1. The lowest BCUT2D eigenvalue weighted by molar-refractivity contribution is -0.135. The summed E-state index contributed by atoms with van der Waals surface area (Å²) in [5.41, 5.74) is 0.574. The lowest BCUT2D eigenvalue weighted by atomic mass is 9.98. The first-order chi connectivity index (χ1) is 15.5. The van der Waals surface area contributed by atoms with Gasteiger partial charge in [0.1, 0.15) is 6.04 Å². The molecule has 0 unspecified atom stereocenters. The number of hydrogen-bond donors (Lipinski definition) is 1. The number of alkyl halides is 2. The molecule has 3 heterocycles. The van der Waals surface area contributed by atoms with Crippen LogP contribution in [0.3, 0.4) is 0 Å². The van der Waals surface area contributed by atoms with Gasteiger partial charge in [-0.2, -0.15) is 4.98 Å². The van der Waals surface area contributed by atoms with Gasteiger partial charge in [0, 0.05) is 11.6 Å². The highest BCUT2D eigenvalue weighted by Gasteiger charge is 2.57. The number of nitrogens with one attached hydrogen (secondary N) is 1. The molecule has 2 aromatic rings. The van der Waals surface area contributed by atoms with Crippen molar-refractivity contribution in [1.82, 2.24) is 14.6 Å². The number of aryl methyl sites for hydroxylation is 1. The predicted octanol–water partition coefficient (Wildman–Crippen LogP) is 2.41. The van der Waals surface area contributed by atoms with Gasteiger partial charge in [-0.15, -0.1) is 0 Å². The van der Waals surface area contributed by atoms with E-state index in [1.54, 1.807) is 13.0 Å². The molecule has 12 heteroatoms. The quantitative estimate of drug-likeness (QED) is 0.717. The van der Waals surface area contributed by atoms with E-state index in [4.69, 9.17) is 9.47 Å². The van der Waals surface area contributed by atoms with Crippen molar-refractivity contribution in [1.29, 1.82) is 0 Å². The average molecular weight is 485 g/mol. The summed E-state index contributed by atoms with van der Waals surface area (Å²) in [6.07, 6.45) is -0.370. The number of ether oxygens (including phenoxy) is 2. The maximum Gasteiger partial charge on any atom is 0.283 e. The van der Waals surface area contributed by atoms with E-state index < -0.39 is 58.7 Å². The lowest BCUT2D eigenvalue weighted by Crippen LogP contribution is -2.53. The second kappa shape index (κ2) is 8.49. The maximum atomic E-state index is 15.3. The molecule has 2 atom stereocenters. The van der Waals surface area contributed by atoms with E-state index >= 15 is 4.39 Å². The number of aromatic nitrogens is 1. The Balaban J connectivity index is 1.81. The molecule has 4 rings (SSSR count). The van der Waals surface area contributed by atoms with Crippen molar-refractivity contribution < 1.29 is 35.9 Å². The molecule has 1 aromatic carbocycles.